The van der Waals surface area contributed by atoms with Crippen molar-refractivity contribution in [2.24, 2.45) is 11.3 Å². The first-order valence-corrected chi connectivity index (χ1v) is 4.93. The fraction of sp³-hybridized carbons (Fsp3) is 0.800. The van der Waals surface area contributed by atoms with Crippen LogP contribution in [-0.2, 0) is 14.3 Å². The number of carbonyl (C=O) groups excluding carboxylic acids is 2. The molecule has 2 bridgehead atoms. The van der Waals surface area contributed by atoms with Crippen LogP contribution in [0.2, 0.25) is 0 Å². The van der Waals surface area contributed by atoms with Gasteiger partial charge < -0.3 is 4.74 Å². The first-order valence-electron chi connectivity index (χ1n) is 4.93. The van der Waals surface area contributed by atoms with Crippen molar-refractivity contribution in [3.63, 3.8) is 0 Å². The van der Waals surface area contributed by atoms with Crippen molar-refractivity contribution < 1.29 is 14.3 Å². The van der Waals surface area contributed by atoms with Gasteiger partial charge in [-0.05, 0) is 25.2 Å². The third kappa shape index (κ3) is 0.798. The maximum Gasteiger partial charge on any atom is 0.307 e. The predicted molar refractivity (Wildman–Crippen MR) is 43.9 cm³/mol. The van der Waals surface area contributed by atoms with Crippen LogP contribution < -0.4 is 0 Å². The smallest absolute Gasteiger partial charge is 0.307 e. The Morgan fingerprint density at radius 2 is 2.23 bits per heavy atom. The van der Waals surface area contributed by atoms with E-state index >= 15 is 0 Å². The van der Waals surface area contributed by atoms with E-state index in [2.05, 4.69) is 0 Å². The molecule has 3 atom stereocenters. The summed E-state index contributed by atoms with van der Waals surface area (Å²) in [5, 5.41) is 0. The van der Waals surface area contributed by atoms with Gasteiger partial charge >= 0.3 is 5.97 Å². The summed E-state index contributed by atoms with van der Waals surface area (Å²) in [6.45, 7) is 0. The number of esters is 1. The van der Waals surface area contributed by atoms with Crippen LogP contribution >= 0.6 is 0 Å². The van der Waals surface area contributed by atoms with E-state index in [1.54, 1.807) is 0 Å². The van der Waals surface area contributed by atoms with E-state index in [4.69, 9.17) is 4.74 Å². The van der Waals surface area contributed by atoms with Gasteiger partial charge in [-0.15, -0.1) is 0 Å². The molecule has 1 spiro atoms. The third-order valence-electron chi connectivity index (χ3n) is 3.93. The van der Waals surface area contributed by atoms with Crippen molar-refractivity contribution in [1.82, 2.24) is 0 Å². The summed E-state index contributed by atoms with van der Waals surface area (Å²) in [7, 11) is 0. The maximum absolute atomic E-state index is 11.8. The molecule has 3 aliphatic carbocycles. The van der Waals surface area contributed by atoms with Gasteiger partial charge in [0.15, 0.2) is 0 Å². The number of carbonyl (C=O) groups is 2. The Hall–Kier alpha value is -0.860. The number of ketones is 1. The zero-order valence-electron chi connectivity index (χ0n) is 7.41. The SMILES string of the molecule is O=C1C[C@]23CC[C@H](CC2=O)C[C@@H]3O1. The number of Topliss-reactive ketones (excluding diaryl/α,β-unsaturated/α-hetero) is 1. The highest BCUT2D eigenvalue weighted by molar-refractivity contribution is 5.93. The molecule has 1 aliphatic heterocycles. The van der Waals surface area contributed by atoms with E-state index in [0.717, 1.165) is 19.3 Å². The number of rotatable bonds is 0. The van der Waals surface area contributed by atoms with Gasteiger partial charge in [0.2, 0.25) is 0 Å². The van der Waals surface area contributed by atoms with Crippen LogP contribution in [0, 0.1) is 11.3 Å². The second kappa shape index (κ2) is 2.14. The number of fused-ring (bicyclic) bond motifs is 2. The fourth-order valence-corrected chi connectivity index (χ4v) is 3.16. The van der Waals surface area contributed by atoms with Crippen LogP contribution in [0.5, 0.6) is 0 Å². The minimum Gasteiger partial charge on any atom is -0.461 e. The van der Waals surface area contributed by atoms with Crippen LogP contribution in [0.15, 0.2) is 0 Å². The van der Waals surface area contributed by atoms with Crippen LogP contribution in [-0.4, -0.2) is 17.9 Å². The molecule has 3 saturated carbocycles. The normalized spacial score (nSPS) is 47.7. The summed E-state index contributed by atoms with van der Waals surface area (Å²) in [6, 6.07) is 0. The lowest BCUT2D eigenvalue weighted by Crippen LogP contribution is -2.49. The highest BCUT2D eigenvalue weighted by Crippen LogP contribution is 2.54. The molecule has 0 aromatic rings. The lowest BCUT2D eigenvalue weighted by atomic mass is 9.58. The van der Waals surface area contributed by atoms with Gasteiger partial charge in [0.1, 0.15) is 11.9 Å². The second-order valence-electron chi connectivity index (χ2n) is 4.58. The fourth-order valence-electron chi connectivity index (χ4n) is 3.16. The first-order chi connectivity index (χ1) is 6.21. The summed E-state index contributed by atoms with van der Waals surface area (Å²) < 4.78 is 5.20. The van der Waals surface area contributed by atoms with Gasteiger partial charge in [-0.3, -0.25) is 9.59 Å². The lowest BCUT2D eigenvalue weighted by molar-refractivity contribution is -0.150. The van der Waals surface area contributed by atoms with E-state index < -0.39 is 0 Å². The number of hydrogen-bond acceptors (Lipinski definition) is 3. The molecule has 0 aromatic heterocycles. The van der Waals surface area contributed by atoms with E-state index in [1.165, 1.54) is 0 Å². The Kier molecular flexibility index (Phi) is 1.24. The molecule has 1 heterocycles. The highest BCUT2D eigenvalue weighted by Gasteiger charge is 2.60. The summed E-state index contributed by atoms with van der Waals surface area (Å²) in [6.07, 6.45) is 3.89. The Morgan fingerprint density at radius 1 is 1.38 bits per heavy atom. The van der Waals surface area contributed by atoms with Crippen molar-refractivity contribution in [2.45, 2.75) is 38.2 Å². The molecule has 4 fully saturated rings. The maximum atomic E-state index is 11.8. The molecule has 70 valence electrons. The van der Waals surface area contributed by atoms with E-state index in [9.17, 15) is 9.59 Å². The largest absolute Gasteiger partial charge is 0.461 e. The van der Waals surface area contributed by atoms with E-state index in [1.807, 2.05) is 0 Å². The molecule has 4 aliphatic rings. The standard InChI is InChI=1S/C10H12O3/c11-7-3-6-1-2-10(7)5-9(12)13-8(10)4-6/h6,8H,1-5H2/t6-,8+,10-/m1/s1. The van der Waals surface area contributed by atoms with Crippen LogP contribution in [0.1, 0.15) is 32.1 Å². The van der Waals surface area contributed by atoms with Gasteiger partial charge in [0.25, 0.3) is 0 Å². The molecule has 0 unspecified atom stereocenters. The highest BCUT2D eigenvalue weighted by atomic mass is 16.6. The summed E-state index contributed by atoms with van der Waals surface area (Å²) in [5.74, 6) is 0.608. The molecule has 13 heavy (non-hydrogen) atoms. The summed E-state index contributed by atoms with van der Waals surface area (Å²) in [5.41, 5.74) is -0.383. The Bertz CT molecular complexity index is 297. The Labute approximate surface area is 76.4 Å². The third-order valence-corrected chi connectivity index (χ3v) is 3.93. The summed E-state index contributed by atoms with van der Waals surface area (Å²) in [4.78, 5) is 22.9. The van der Waals surface area contributed by atoms with Gasteiger partial charge in [-0.2, -0.15) is 0 Å². The number of ether oxygens (including phenoxy) is 1. The lowest BCUT2D eigenvalue weighted by Gasteiger charge is -2.44. The van der Waals surface area contributed by atoms with Crippen molar-refractivity contribution in [3.8, 4) is 0 Å². The summed E-state index contributed by atoms with van der Waals surface area (Å²) >= 11 is 0. The van der Waals surface area contributed by atoms with E-state index in [-0.39, 0.29) is 23.3 Å². The van der Waals surface area contributed by atoms with E-state index in [0.29, 0.717) is 18.8 Å². The van der Waals surface area contributed by atoms with Crippen LogP contribution in [0.4, 0.5) is 0 Å². The monoisotopic (exact) mass is 180 g/mol. The minimum atomic E-state index is -0.383. The van der Waals surface area contributed by atoms with Gasteiger partial charge in [0, 0.05) is 6.42 Å². The van der Waals surface area contributed by atoms with Crippen molar-refractivity contribution in [3.05, 3.63) is 0 Å². The Balaban J connectivity index is 2.04. The van der Waals surface area contributed by atoms with Crippen LogP contribution in [0.3, 0.4) is 0 Å². The molecule has 0 amide bonds. The number of hydrogen-bond donors (Lipinski definition) is 0. The van der Waals surface area contributed by atoms with Gasteiger partial charge in [-0.1, -0.05) is 0 Å². The molecule has 3 nitrogen and oxygen atoms in total. The molecule has 0 radical (unpaired) electrons. The molecule has 3 heteroatoms. The van der Waals surface area contributed by atoms with Gasteiger partial charge in [-0.25, -0.2) is 0 Å². The molecule has 0 aromatic carbocycles. The van der Waals surface area contributed by atoms with Gasteiger partial charge in [0.05, 0.1) is 11.8 Å². The molecular formula is C10H12O3. The topological polar surface area (TPSA) is 43.4 Å². The second-order valence-corrected chi connectivity index (χ2v) is 4.58. The average Bonchev–Trinajstić information content (AvgIpc) is 2.40. The first kappa shape index (κ1) is 7.54. The predicted octanol–water partition coefficient (Wildman–Crippen LogP) is 1.06. The Morgan fingerprint density at radius 3 is 2.92 bits per heavy atom. The average molecular weight is 180 g/mol. The quantitative estimate of drug-likeness (QED) is 0.523. The minimum absolute atomic E-state index is 0.0694. The van der Waals surface area contributed by atoms with Crippen molar-refractivity contribution >= 4 is 11.8 Å². The van der Waals surface area contributed by atoms with Crippen molar-refractivity contribution in [1.29, 1.82) is 0 Å². The molecule has 0 N–H and O–H groups in total. The van der Waals surface area contributed by atoms with Crippen LogP contribution in [0.25, 0.3) is 0 Å². The zero-order valence-corrected chi connectivity index (χ0v) is 7.41. The molecule has 4 rings (SSSR count). The molecular weight excluding hydrogens is 168 g/mol. The van der Waals surface area contributed by atoms with Crippen molar-refractivity contribution in [2.75, 3.05) is 0 Å². The molecule has 1 saturated heterocycles. The zero-order chi connectivity index (χ0) is 9.05.